The Kier molecular flexibility index (Phi) is 5.05. The summed E-state index contributed by atoms with van der Waals surface area (Å²) in [7, 11) is 0. The summed E-state index contributed by atoms with van der Waals surface area (Å²) < 4.78 is 5.70. The fourth-order valence-corrected chi connectivity index (χ4v) is 3.39. The lowest BCUT2D eigenvalue weighted by molar-refractivity contribution is -0.0404. The maximum atomic E-state index is 5.70. The zero-order chi connectivity index (χ0) is 13.1. The Morgan fingerprint density at radius 2 is 2.17 bits per heavy atom. The summed E-state index contributed by atoms with van der Waals surface area (Å²) in [6.07, 6.45) is 4.12. The molecule has 0 saturated carbocycles. The van der Waals surface area contributed by atoms with E-state index >= 15 is 0 Å². The van der Waals surface area contributed by atoms with Gasteiger partial charge in [0.15, 0.2) is 0 Å². The fraction of sp³-hybridized carbons (Fsp3) is 1.00. The van der Waals surface area contributed by atoms with Gasteiger partial charge >= 0.3 is 0 Å². The van der Waals surface area contributed by atoms with Gasteiger partial charge in [-0.2, -0.15) is 0 Å². The first kappa shape index (κ1) is 14.3. The molecular formula is C15H30N2O. The Balaban J connectivity index is 2.01. The molecule has 0 aromatic heterocycles. The van der Waals surface area contributed by atoms with Crippen molar-refractivity contribution in [1.29, 1.82) is 0 Å². The van der Waals surface area contributed by atoms with E-state index in [1.807, 2.05) is 0 Å². The standard InChI is InChI=1S/C15H30N2O/c1-5-13-9-16-15(11(2)3)10-17(13)14-6-7-18-12(4)8-14/h11-16H,5-10H2,1-4H3. The van der Waals surface area contributed by atoms with Gasteiger partial charge in [-0.1, -0.05) is 20.8 Å². The average Bonchev–Trinajstić information content (AvgIpc) is 2.38. The molecule has 2 aliphatic rings. The topological polar surface area (TPSA) is 24.5 Å². The van der Waals surface area contributed by atoms with Crippen molar-refractivity contribution in [2.24, 2.45) is 5.92 Å². The average molecular weight is 254 g/mol. The molecule has 0 bridgehead atoms. The summed E-state index contributed by atoms with van der Waals surface area (Å²) in [5, 5.41) is 3.73. The van der Waals surface area contributed by atoms with Crippen LogP contribution in [-0.2, 0) is 4.74 Å². The van der Waals surface area contributed by atoms with E-state index in [2.05, 4.69) is 37.9 Å². The van der Waals surface area contributed by atoms with Gasteiger partial charge in [-0.05, 0) is 32.1 Å². The molecule has 0 radical (unpaired) electrons. The minimum Gasteiger partial charge on any atom is -0.378 e. The van der Waals surface area contributed by atoms with E-state index in [0.717, 1.165) is 31.2 Å². The third-order valence-corrected chi connectivity index (χ3v) is 4.69. The van der Waals surface area contributed by atoms with Crippen LogP contribution in [0.4, 0.5) is 0 Å². The highest BCUT2D eigenvalue weighted by atomic mass is 16.5. The zero-order valence-electron chi connectivity index (χ0n) is 12.5. The van der Waals surface area contributed by atoms with E-state index in [9.17, 15) is 0 Å². The molecule has 0 spiro atoms. The Morgan fingerprint density at radius 3 is 2.78 bits per heavy atom. The van der Waals surface area contributed by atoms with Gasteiger partial charge in [0.1, 0.15) is 0 Å². The van der Waals surface area contributed by atoms with Crippen LogP contribution >= 0.6 is 0 Å². The number of piperazine rings is 1. The van der Waals surface area contributed by atoms with Gasteiger partial charge in [0.05, 0.1) is 6.10 Å². The van der Waals surface area contributed by atoms with Crippen molar-refractivity contribution in [1.82, 2.24) is 10.2 Å². The summed E-state index contributed by atoms with van der Waals surface area (Å²) in [5.41, 5.74) is 0. The van der Waals surface area contributed by atoms with Crippen molar-refractivity contribution in [2.45, 2.75) is 71.2 Å². The van der Waals surface area contributed by atoms with Gasteiger partial charge in [-0.3, -0.25) is 4.90 Å². The third-order valence-electron chi connectivity index (χ3n) is 4.69. The largest absolute Gasteiger partial charge is 0.378 e. The number of ether oxygens (including phenoxy) is 1. The van der Waals surface area contributed by atoms with Gasteiger partial charge in [-0.15, -0.1) is 0 Å². The Morgan fingerprint density at radius 1 is 1.39 bits per heavy atom. The highest BCUT2D eigenvalue weighted by Crippen LogP contribution is 2.25. The van der Waals surface area contributed by atoms with Crippen LogP contribution in [0.3, 0.4) is 0 Å². The summed E-state index contributed by atoms with van der Waals surface area (Å²) in [6.45, 7) is 12.5. The number of rotatable bonds is 3. The summed E-state index contributed by atoms with van der Waals surface area (Å²) in [5.74, 6) is 0.725. The highest BCUT2D eigenvalue weighted by molar-refractivity contribution is 4.91. The molecule has 18 heavy (non-hydrogen) atoms. The smallest absolute Gasteiger partial charge is 0.0561 e. The number of hydrogen-bond donors (Lipinski definition) is 1. The molecule has 0 aromatic rings. The predicted molar refractivity (Wildman–Crippen MR) is 75.8 cm³/mol. The molecule has 2 fully saturated rings. The van der Waals surface area contributed by atoms with Crippen molar-refractivity contribution in [3.8, 4) is 0 Å². The van der Waals surface area contributed by atoms with E-state index in [1.54, 1.807) is 0 Å². The van der Waals surface area contributed by atoms with Crippen LogP contribution in [0.25, 0.3) is 0 Å². The molecule has 0 aliphatic carbocycles. The molecule has 106 valence electrons. The molecule has 2 heterocycles. The molecular weight excluding hydrogens is 224 g/mol. The van der Waals surface area contributed by atoms with Crippen molar-refractivity contribution < 1.29 is 4.74 Å². The maximum Gasteiger partial charge on any atom is 0.0561 e. The van der Waals surface area contributed by atoms with Gasteiger partial charge in [0.25, 0.3) is 0 Å². The molecule has 3 nitrogen and oxygen atoms in total. The van der Waals surface area contributed by atoms with Gasteiger partial charge in [-0.25, -0.2) is 0 Å². The lowest BCUT2D eigenvalue weighted by Crippen LogP contribution is -2.61. The molecule has 4 unspecified atom stereocenters. The highest BCUT2D eigenvalue weighted by Gasteiger charge is 2.34. The van der Waals surface area contributed by atoms with E-state index in [-0.39, 0.29) is 0 Å². The molecule has 4 atom stereocenters. The second-order valence-electron chi connectivity index (χ2n) is 6.38. The summed E-state index contributed by atoms with van der Waals surface area (Å²) in [4.78, 5) is 2.78. The predicted octanol–water partition coefficient (Wildman–Crippen LogP) is 2.26. The Labute approximate surface area is 112 Å². The Bertz CT molecular complexity index is 257. The van der Waals surface area contributed by atoms with Crippen LogP contribution in [0.2, 0.25) is 0 Å². The molecule has 2 rings (SSSR count). The monoisotopic (exact) mass is 254 g/mol. The van der Waals surface area contributed by atoms with E-state index in [1.165, 1.54) is 25.8 Å². The number of nitrogens with one attached hydrogen (secondary N) is 1. The van der Waals surface area contributed by atoms with Crippen molar-refractivity contribution in [3.05, 3.63) is 0 Å². The first-order valence-corrected chi connectivity index (χ1v) is 7.72. The summed E-state index contributed by atoms with van der Waals surface area (Å²) in [6, 6.07) is 2.11. The summed E-state index contributed by atoms with van der Waals surface area (Å²) >= 11 is 0. The number of nitrogens with zero attached hydrogens (tertiary/aromatic N) is 1. The third kappa shape index (κ3) is 3.25. The van der Waals surface area contributed by atoms with Crippen LogP contribution in [0.1, 0.15) is 47.0 Å². The van der Waals surface area contributed by atoms with Crippen molar-refractivity contribution in [2.75, 3.05) is 19.7 Å². The second kappa shape index (κ2) is 6.36. The van der Waals surface area contributed by atoms with Crippen LogP contribution < -0.4 is 5.32 Å². The second-order valence-corrected chi connectivity index (χ2v) is 6.38. The lowest BCUT2D eigenvalue weighted by Gasteiger charge is -2.47. The Hall–Kier alpha value is -0.120. The normalized spacial score (nSPS) is 39.2. The van der Waals surface area contributed by atoms with E-state index in [4.69, 9.17) is 4.74 Å². The minimum absolute atomic E-state index is 0.439. The van der Waals surface area contributed by atoms with Gasteiger partial charge in [0.2, 0.25) is 0 Å². The molecule has 1 N–H and O–H groups in total. The fourth-order valence-electron chi connectivity index (χ4n) is 3.39. The van der Waals surface area contributed by atoms with E-state index in [0.29, 0.717) is 12.1 Å². The van der Waals surface area contributed by atoms with Crippen LogP contribution in [0, 0.1) is 5.92 Å². The van der Waals surface area contributed by atoms with Gasteiger partial charge < -0.3 is 10.1 Å². The molecule has 3 heteroatoms. The minimum atomic E-state index is 0.439. The zero-order valence-corrected chi connectivity index (χ0v) is 12.5. The SMILES string of the molecule is CCC1CNC(C(C)C)CN1C1CCOC(C)C1. The van der Waals surface area contributed by atoms with Gasteiger partial charge in [0, 0.05) is 37.8 Å². The quantitative estimate of drug-likeness (QED) is 0.836. The first-order chi connectivity index (χ1) is 8.61. The molecule has 0 aromatic carbocycles. The van der Waals surface area contributed by atoms with E-state index < -0.39 is 0 Å². The molecule has 2 saturated heterocycles. The first-order valence-electron chi connectivity index (χ1n) is 7.72. The van der Waals surface area contributed by atoms with Crippen molar-refractivity contribution >= 4 is 0 Å². The van der Waals surface area contributed by atoms with Crippen LogP contribution in [0.5, 0.6) is 0 Å². The molecule has 2 aliphatic heterocycles. The van der Waals surface area contributed by atoms with Crippen LogP contribution in [-0.4, -0.2) is 48.8 Å². The maximum absolute atomic E-state index is 5.70. The number of hydrogen-bond acceptors (Lipinski definition) is 3. The molecule has 0 amide bonds. The lowest BCUT2D eigenvalue weighted by atomic mass is 9.93. The van der Waals surface area contributed by atoms with Crippen molar-refractivity contribution in [3.63, 3.8) is 0 Å². The van der Waals surface area contributed by atoms with Crippen LogP contribution in [0.15, 0.2) is 0 Å².